The molecule has 0 fully saturated rings. The van der Waals surface area contributed by atoms with Crippen molar-refractivity contribution in [3.05, 3.63) is 53.1 Å². The fourth-order valence-corrected chi connectivity index (χ4v) is 1.75. The van der Waals surface area contributed by atoms with Gasteiger partial charge in [-0.05, 0) is 56.2 Å². The van der Waals surface area contributed by atoms with Gasteiger partial charge in [-0.15, -0.1) is 0 Å². The van der Waals surface area contributed by atoms with Gasteiger partial charge in [0.05, 0.1) is 11.4 Å². The summed E-state index contributed by atoms with van der Waals surface area (Å²) in [6.45, 7) is 6.07. The molecule has 2 N–H and O–H groups in total. The van der Waals surface area contributed by atoms with Crippen LogP contribution in [0.5, 0.6) is 0 Å². The van der Waals surface area contributed by atoms with E-state index in [1.54, 1.807) is 0 Å². The van der Waals surface area contributed by atoms with Crippen LogP contribution in [0.3, 0.4) is 0 Å². The van der Waals surface area contributed by atoms with Crippen molar-refractivity contribution in [3.63, 3.8) is 0 Å². The molecular weight excluding hydrogens is 222 g/mol. The van der Waals surface area contributed by atoms with E-state index in [4.69, 9.17) is 5.73 Å². The molecule has 0 spiro atoms. The Balaban J connectivity index is 2.27. The van der Waals surface area contributed by atoms with Gasteiger partial charge in [0.15, 0.2) is 0 Å². The topological polar surface area (TPSA) is 50.7 Å². The minimum atomic E-state index is 0.778. The minimum Gasteiger partial charge on any atom is -0.399 e. The molecule has 0 heterocycles. The smallest absolute Gasteiger partial charge is 0.0886 e. The van der Waals surface area contributed by atoms with Crippen molar-refractivity contribution in [2.24, 2.45) is 10.2 Å². The fourth-order valence-electron chi connectivity index (χ4n) is 1.75. The molecule has 0 bridgehead atoms. The maximum Gasteiger partial charge on any atom is 0.0886 e. The van der Waals surface area contributed by atoms with Crippen molar-refractivity contribution < 1.29 is 0 Å². The second-order valence-corrected chi connectivity index (χ2v) is 4.53. The van der Waals surface area contributed by atoms with E-state index in [2.05, 4.69) is 23.2 Å². The first kappa shape index (κ1) is 12.3. The van der Waals surface area contributed by atoms with Crippen molar-refractivity contribution in [2.45, 2.75) is 20.8 Å². The van der Waals surface area contributed by atoms with Crippen molar-refractivity contribution in [3.8, 4) is 0 Å². The molecule has 3 nitrogen and oxygen atoms in total. The number of hydrogen-bond acceptors (Lipinski definition) is 3. The molecule has 92 valence electrons. The first-order valence-electron chi connectivity index (χ1n) is 5.91. The van der Waals surface area contributed by atoms with Crippen LogP contribution in [0.25, 0.3) is 0 Å². The summed E-state index contributed by atoms with van der Waals surface area (Å²) in [5.41, 5.74) is 11.6. The predicted octanol–water partition coefficient (Wildman–Crippen LogP) is 4.61. The average Bonchev–Trinajstić information content (AvgIpc) is 2.32. The molecule has 0 aliphatic heterocycles. The molecule has 0 saturated heterocycles. The maximum atomic E-state index is 5.76. The number of nitrogens with zero attached hydrogens (tertiary/aromatic N) is 2. The van der Waals surface area contributed by atoms with Gasteiger partial charge in [-0.2, -0.15) is 10.2 Å². The number of aryl methyl sites for hydroxylation is 3. The van der Waals surface area contributed by atoms with Crippen molar-refractivity contribution >= 4 is 17.1 Å². The van der Waals surface area contributed by atoms with E-state index in [1.807, 2.05) is 44.2 Å². The quantitative estimate of drug-likeness (QED) is 0.603. The third-order valence-electron chi connectivity index (χ3n) is 2.88. The van der Waals surface area contributed by atoms with Crippen molar-refractivity contribution in [1.29, 1.82) is 0 Å². The Morgan fingerprint density at radius 3 is 2.28 bits per heavy atom. The van der Waals surface area contributed by atoms with Crippen molar-refractivity contribution in [1.82, 2.24) is 0 Å². The normalized spacial score (nSPS) is 11.1. The number of rotatable bonds is 2. The zero-order valence-corrected chi connectivity index (χ0v) is 10.9. The number of anilines is 1. The summed E-state index contributed by atoms with van der Waals surface area (Å²) in [6, 6.07) is 11.8. The molecule has 3 heteroatoms. The van der Waals surface area contributed by atoms with Gasteiger partial charge in [0.2, 0.25) is 0 Å². The van der Waals surface area contributed by atoms with Gasteiger partial charge in [-0.25, -0.2) is 0 Å². The number of azo groups is 1. The lowest BCUT2D eigenvalue weighted by molar-refractivity contribution is 1.20. The van der Waals surface area contributed by atoms with E-state index < -0.39 is 0 Å². The summed E-state index contributed by atoms with van der Waals surface area (Å²) in [5, 5.41) is 8.51. The van der Waals surface area contributed by atoms with Crippen LogP contribution in [0.4, 0.5) is 17.1 Å². The Bertz CT molecular complexity index is 601. The molecular formula is C15H17N3. The number of hydrogen-bond donors (Lipinski definition) is 1. The molecule has 0 atom stereocenters. The summed E-state index contributed by atoms with van der Waals surface area (Å²) in [6.07, 6.45) is 0. The highest BCUT2D eigenvalue weighted by atomic mass is 15.1. The van der Waals surface area contributed by atoms with Gasteiger partial charge in [0.25, 0.3) is 0 Å². The van der Waals surface area contributed by atoms with Crippen molar-refractivity contribution in [2.75, 3.05) is 5.73 Å². The van der Waals surface area contributed by atoms with E-state index in [0.717, 1.165) is 28.2 Å². The highest BCUT2D eigenvalue weighted by Gasteiger charge is 1.98. The summed E-state index contributed by atoms with van der Waals surface area (Å²) < 4.78 is 0. The van der Waals surface area contributed by atoms with Crippen LogP contribution in [0.1, 0.15) is 16.7 Å². The molecule has 0 aliphatic rings. The Labute approximate surface area is 107 Å². The Hall–Kier alpha value is -2.16. The summed E-state index contributed by atoms with van der Waals surface area (Å²) >= 11 is 0. The van der Waals surface area contributed by atoms with Crippen LogP contribution in [-0.4, -0.2) is 0 Å². The first-order chi connectivity index (χ1) is 8.56. The second kappa shape index (κ2) is 5.00. The van der Waals surface area contributed by atoms with E-state index in [1.165, 1.54) is 5.56 Å². The summed E-state index contributed by atoms with van der Waals surface area (Å²) in [4.78, 5) is 0. The molecule has 0 aromatic heterocycles. The average molecular weight is 239 g/mol. The maximum absolute atomic E-state index is 5.76. The molecule has 0 aliphatic carbocycles. The zero-order valence-electron chi connectivity index (χ0n) is 10.9. The van der Waals surface area contributed by atoms with E-state index >= 15 is 0 Å². The van der Waals surface area contributed by atoms with E-state index in [9.17, 15) is 0 Å². The molecule has 0 amide bonds. The Morgan fingerprint density at radius 2 is 1.61 bits per heavy atom. The number of benzene rings is 2. The number of nitrogens with two attached hydrogens (primary N) is 1. The lowest BCUT2D eigenvalue weighted by Crippen LogP contribution is -1.87. The Kier molecular flexibility index (Phi) is 3.42. The van der Waals surface area contributed by atoms with E-state index in [-0.39, 0.29) is 0 Å². The third kappa shape index (κ3) is 2.74. The standard InChI is InChI=1S/C15H17N3/c1-10-4-7-15(12(3)8-10)18-17-13-5-6-14(16)11(2)9-13/h4-9H,16H2,1-3H3. The fraction of sp³-hybridized carbons (Fsp3) is 0.200. The van der Waals surface area contributed by atoms with Crippen LogP contribution >= 0.6 is 0 Å². The molecule has 2 rings (SSSR count). The molecule has 2 aromatic rings. The van der Waals surface area contributed by atoms with Crippen LogP contribution < -0.4 is 5.73 Å². The lowest BCUT2D eigenvalue weighted by Gasteiger charge is -2.01. The van der Waals surface area contributed by atoms with E-state index in [0.29, 0.717) is 0 Å². The molecule has 0 saturated carbocycles. The molecule has 2 aromatic carbocycles. The second-order valence-electron chi connectivity index (χ2n) is 4.53. The summed E-state index contributed by atoms with van der Waals surface area (Å²) in [7, 11) is 0. The highest BCUT2D eigenvalue weighted by Crippen LogP contribution is 2.24. The molecule has 0 unspecified atom stereocenters. The first-order valence-corrected chi connectivity index (χ1v) is 5.91. The van der Waals surface area contributed by atoms with Crippen LogP contribution in [0.15, 0.2) is 46.6 Å². The number of nitrogen functional groups attached to an aromatic ring is 1. The predicted molar refractivity (Wildman–Crippen MR) is 75.7 cm³/mol. The van der Waals surface area contributed by atoms with Crippen LogP contribution in [0.2, 0.25) is 0 Å². The summed E-state index contributed by atoms with van der Waals surface area (Å²) in [5.74, 6) is 0. The van der Waals surface area contributed by atoms with Gasteiger partial charge in [-0.1, -0.05) is 17.7 Å². The minimum absolute atomic E-state index is 0.778. The van der Waals surface area contributed by atoms with Gasteiger partial charge >= 0.3 is 0 Å². The van der Waals surface area contributed by atoms with Gasteiger partial charge in [0, 0.05) is 5.69 Å². The largest absolute Gasteiger partial charge is 0.399 e. The molecule has 0 radical (unpaired) electrons. The lowest BCUT2D eigenvalue weighted by atomic mass is 10.1. The van der Waals surface area contributed by atoms with Gasteiger partial charge in [-0.3, -0.25) is 0 Å². The molecule has 18 heavy (non-hydrogen) atoms. The highest BCUT2D eigenvalue weighted by molar-refractivity contribution is 5.54. The Morgan fingerprint density at radius 1 is 0.833 bits per heavy atom. The van der Waals surface area contributed by atoms with Gasteiger partial charge < -0.3 is 5.73 Å². The van der Waals surface area contributed by atoms with Crippen LogP contribution in [-0.2, 0) is 0 Å². The monoisotopic (exact) mass is 239 g/mol. The third-order valence-corrected chi connectivity index (χ3v) is 2.88. The van der Waals surface area contributed by atoms with Gasteiger partial charge in [0.1, 0.15) is 0 Å². The zero-order chi connectivity index (χ0) is 13.1. The SMILES string of the molecule is Cc1ccc(N=Nc2ccc(N)c(C)c2)c(C)c1. The van der Waals surface area contributed by atoms with Crippen LogP contribution in [0, 0.1) is 20.8 Å².